The zero-order valence-electron chi connectivity index (χ0n) is 12.0. The van der Waals surface area contributed by atoms with Crippen molar-refractivity contribution in [3.63, 3.8) is 0 Å². The van der Waals surface area contributed by atoms with Crippen LogP contribution in [-0.4, -0.2) is 14.5 Å². The summed E-state index contributed by atoms with van der Waals surface area (Å²) in [5.41, 5.74) is 3.16. The molecule has 0 N–H and O–H groups in total. The van der Waals surface area contributed by atoms with E-state index >= 15 is 0 Å². The van der Waals surface area contributed by atoms with Crippen molar-refractivity contribution in [2.45, 2.75) is 26.8 Å². The minimum absolute atomic E-state index is 0.674. The average molecular weight is 265 g/mol. The van der Waals surface area contributed by atoms with Crippen molar-refractivity contribution in [1.29, 1.82) is 0 Å². The van der Waals surface area contributed by atoms with Crippen molar-refractivity contribution in [2.75, 3.05) is 0 Å². The second-order valence-electron chi connectivity index (χ2n) is 5.47. The van der Waals surface area contributed by atoms with Crippen LogP contribution in [-0.2, 0) is 6.54 Å². The first-order valence-electron chi connectivity index (χ1n) is 7.12. The number of nitrogens with zero attached hydrogens (tertiary/aromatic N) is 3. The molecule has 0 unspecified atom stereocenters. The summed E-state index contributed by atoms with van der Waals surface area (Å²) in [4.78, 5) is 9.21. The van der Waals surface area contributed by atoms with Crippen molar-refractivity contribution in [3.8, 4) is 11.5 Å². The van der Waals surface area contributed by atoms with Crippen molar-refractivity contribution < 1.29 is 0 Å². The predicted molar refractivity (Wildman–Crippen MR) is 82.4 cm³/mol. The smallest absolute Gasteiger partial charge is 0.159 e. The van der Waals surface area contributed by atoms with Gasteiger partial charge in [0, 0.05) is 12.7 Å². The van der Waals surface area contributed by atoms with Crippen LogP contribution >= 0.6 is 0 Å². The van der Waals surface area contributed by atoms with Gasteiger partial charge in [-0.2, -0.15) is 0 Å². The molecule has 3 rings (SSSR count). The molecular formula is C17H19N3. The number of benzene rings is 1. The van der Waals surface area contributed by atoms with E-state index in [9.17, 15) is 0 Å². The first-order valence-corrected chi connectivity index (χ1v) is 7.12. The van der Waals surface area contributed by atoms with Gasteiger partial charge in [-0.25, -0.2) is 4.98 Å². The fourth-order valence-corrected chi connectivity index (χ4v) is 2.38. The fourth-order valence-electron chi connectivity index (χ4n) is 2.38. The molecule has 0 amide bonds. The van der Waals surface area contributed by atoms with Gasteiger partial charge in [-0.05, 0) is 36.6 Å². The lowest BCUT2D eigenvalue weighted by molar-refractivity contribution is 0.525. The zero-order chi connectivity index (χ0) is 13.9. The van der Waals surface area contributed by atoms with Crippen molar-refractivity contribution in [1.82, 2.24) is 14.5 Å². The summed E-state index contributed by atoms with van der Waals surface area (Å²) in [5.74, 6) is 1.64. The highest BCUT2D eigenvalue weighted by atomic mass is 15.1. The summed E-state index contributed by atoms with van der Waals surface area (Å²) in [6, 6.07) is 14.3. The molecule has 0 fully saturated rings. The molecular weight excluding hydrogens is 246 g/mol. The van der Waals surface area contributed by atoms with Crippen LogP contribution in [0, 0.1) is 5.92 Å². The Balaban J connectivity index is 2.12. The Morgan fingerprint density at radius 2 is 1.85 bits per heavy atom. The second-order valence-corrected chi connectivity index (χ2v) is 5.47. The van der Waals surface area contributed by atoms with Gasteiger partial charge in [0.15, 0.2) is 5.82 Å². The van der Waals surface area contributed by atoms with Gasteiger partial charge in [0.2, 0.25) is 0 Å². The van der Waals surface area contributed by atoms with Gasteiger partial charge >= 0.3 is 0 Å². The number of para-hydroxylation sites is 2. The maximum Gasteiger partial charge on any atom is 0.159 e. The van der Waals surface area contributed by atoms with E-state index in [1.54, 1.807) is 0 Å². The van der Waals surface area contributed by atoms with E-state index in [1.165, 1.54) is 5.52 Å². The van der Waals surface area contributed by atoms with E-state index in [0.29, 0.717) is 5.92 Å². The van der Waals surface area contributed by atoms with Gasteiger partial charge < -0.3 is 4.57 Å². The third kappa shape index (κ3) is 2.44. The summed E-state index contributed by atoms with van der Waals surface area (Å²) >= 11 is 0. The largest absolute Gasteiger partial charge is 0.323 e. The van der Waals surface area contributed by atoms with Gasteiger partial charge in [-0.15, -0.1) is 0 Å². The predicted octanol–water partition coefficient (Wildman–Crippen LogP) is 4.14. The standard InChI is InChI=1S/C17H19N3/c1-13(2)10-12-20-16-9-4-3-7-14(16)19-17(20)15-8-5-6-11-18-15/h3-9,11,13H,10,12H2,1-2H3. The van der Waals surface area contributed by atoms with Gasteiger partial charge in [0.25, 0.3) is 0 Å². The molecule has 3 nitrogen and oxygen atoms in total. The number of pyridine rings is 1. The van der Waals surface area contributed by atoms with Crippen molar-refractivity contribution in [2.24, 2.45) is 5.92 Å². The minimum atomic E-state index is 0.674. The molecule has 0 saturated heterocycles. The highest BCUT2D eigenvalue weighted by Gasteiger charge is 2.13. The van der Waals surface area contributed by atoms with Gasteiger partial charge in [-0.1, -0.05) is 32.0 Å². The van der Waals surface area contributed by atoms with Crippen LogP contribution < -0.4 is 0 Å². The Morgan fingerprint density at radius 3 is 2.60 bits per heavy atom. The van der Waals surface area contributed by atoms with Crippen LogP contribution in [0.3, 0.4) is 0 Å². The van der Waals surface area contributed by atoms with Gasteiger partial charge in [-0.3, -0.25) is 4.98 Å². The topological polar surface area (TPSA) is 30.7 Å². The van der Waals surface area contributed by atoms with Crippen molar-refractivity contribution >= 4 is 11.0 Å². The van der Waals surface area contributed by atoms with E-state index in [2.05, 4.69) is 41.6 Å². The lowest BCUT2D eigenvalue weighted by atomic mass is 10.1. The number of hydrogen-bond donors (Lipinski definition) is 0. The van der Waals surface area contributed by atoms with Crippen molar-refractivity contribution in [3.05, 3.63) is 48.7 Å². The molecule has 0 aliphatic heterocycles. The third-order valence-corrected chi connectivity index (χ3v) is 3.48. The highest BCUT2D eigenvalue weighted by molar-refractivity contribution is 5.79. The summed E-state index contributed by atoms with van der Waals surface area (Å²) in [6.45, 7) is 5.48. The number of hydrogen-bond acceptors (Lipinski definition) is 2. The number of imidazole rings is 1. The van der Waals surface area contributed by atoms with Crippen LogP contribution in [0.5, 0.6) is 0 Å². The number of aryl methyl sites for hydroxylation is 1. The molecule has 1 aromatic carbocycles. The molecule has 3 aromatic rings. The SMILES string of the molecule is CC(C)CCn1c(-c2ccccn2)nc2ccccc21. The Kier molecular flexibility index (Phi) is 3.50. The maximum atomic E-state index is 4.76. The van der Waals surface area contributed by atoms with Crippen LogP contribution in [0.25, 0.3) is 22.6 Å². The van der Waals surface area contributed by atoms with Gasteiger partial charge in [0.05, 0.1) is 11.0 Å². The molecule has 0 spiro atoms. The summed E-state index contributed by atoms with van der Waals surface area (Å²) < 4.78 is 2.29. The lowest BCUT2D eigenvalue weighted by Gasteiger charge is -2.10. The van der Waals surface area contributed by atoms with Gasteiger partial charge in [0.1, 0.15) is 5.69 Å². The number of aromatic nitrogens is 3. The molecule has 20 heavy (non-hydrogen) atoms. The Morgan fingerprint density at radius 1 is 1.05 bits per heavy atom. The van der Waals surface area contributed by atoms with Crippen LogP contribution in [0.2, 0.25) is 0 Å². The average Bonchev–Trinajstić information content (AvgIpc) is 2.84. The number of rotatable bonds is 4. The lowest BCUT2D eigenvalue weighted by Crippen LogP contribution is -2.04. The number of fused-ring (bicyclic) bond motifs is 1. The van der Waals surface area contributed by atoms with E-state index in [-0.39, 0.29) is 0 Å². The maximum absolute atomic E-state index is 4.76. The molecule has 0 aliphatic carbocycles. The molecule has 2 heterocycles. The summed E-state index contributed by atoms with van der Waals surface area (Å²) in [6.07, 6.45) is 2.96. The molecule has 0 aliphatic rings. The summed E-state index contributed by atoms with van der Waals surface area (Å²) in [5, 5.41) is 0. The molecule has 0 saturated carbocycles. The van der Waals surface area contributed by atoms with Crippen LogP contribution in [0.1, 0.15) is 20.3 Å². The van der Waals surface area contributed by atoms with E-state index in [4.69, 9.17) is 4.98 Å². The Bertz CT molecular complexity index is 699. The van der Waals surface area contributed by atoms with E-state index < -0.39 is 0 Å². The van der Waals surface area contributed by atoms with Crippen LogP contribution in [0.15, 0.2) is 48.7 Å². The molecule has 0 radical (unpaired) electrons. The van der Waals surface area contributed by atoms with E-state index in [1.807, 2.05) is 30.5 Å². The monoisotopic (exact) mass is 265 g/mol. The first kappa shape index (κ1) is 12.9. The molecule has 3 heteroatoms. The molecule has 0 bridgehead atoms. The fraction of sp³-hybridized carbons (Fsp3) is 0.294. The Labute approximate surface area is 119 Å². The second kappa shape index (κ2) is 5.45. The van der Waals surface area contributed by atoms with Crippen LogP contribution in [0.4, 0.5) is 0 Å². The van der Waals surface area contributed by atoms with E-state index in [0.717, 1.165) is 30.0 Å². The third-order valence-electron chi connectivity index (χ3n) is 3.48. The minimum Gasteiger partial charge on any atom is -0.323 e. The Hall–Kier alpha value is -2.16. The quantitative estimate of drug-likeness (QED) is 0.709. The first-order chi connectivity index (χ1) is 9.75. The molecule has 102 valence electrons. The normalized spacial score (nSPS) is 11.3. The molecule has 0 atom stereocenters. The summed E-state index contributed by atoms with van der Waals surface area (Å²) in [7, 11) is 0. The zero-order valence-corrected chi connectivity index (χ0v) is 12.0. The highest BCUT2D eigenvalue weighted by Crippen LogP contribution is 2.24. The molecule has 2 aromatic heterocycles.